The average Bonchev–Trinajstić information content (AvgIpc) is 3.57. The van der Waals surface area contributed by atoms with Gasteiger partial charge < -0.3 is 19.7 Å². The fourth-order valence-electron chi connectivity index (χ4n) is 3.93. The van der Waals surface area contributed by atoms with Gasteiger partial charge >= 0.3 is 5.97 Å². The van der Waals surface area contributed by atoms with Crippen LogP contribution in [0.15, 0.2) is 42.5 Å². The first kappa shape index (κ1) is 22.6. The lowest BCUT2D eigenvalue weighted by Crippen LogP contribution is -2.53. The van der Waals surface area contributed by atoms with Gasteiger partial charge in [-0.2, -0.15) is 0 Å². The maximum Gasteiger partial charge on any atom is 0.305 e. The molecule has 7 nitrogen and oxygen atoms in total. The fourth-order valence-corrected chi connectivity index (χ4v) is 4.23. The molecule has 2 unspecified atom stereocenters. The molecule has 2 aliphatic rings. The number of epoxide rings is 1. The Balaban J connectivity index is 1.72. The van der Waals surface area contributed by atoms with E-state index < -0.39 is 17.4 Å². The van der Waals surface area contributed by atoms with Gasteiger partial charge in [-0.1, -0.05) is 41.4 Å². The van der Waals surface area contributed by atoms with E-state index in [0.29, 0.717) is 29.4 Å². The highest BCUT2D eigenvalue weighted by Gasteiger charge is 2.53. The molecule has 9 heteroatoms. The second-order valence-corrected chi connectivity index (χ2v) is 8.50. The number of fused-ring (bicyclic) bond motifs is 1. The zero-order valence-corrected chi connectivity index (χ0v) is 18.9. The van der Waals surface area contributed by atoms with Gasteiger partial charge in [0.1, 0.15) is 5.54 Å². The van der Waals surface area contributed by atoms with E-state index in [-0.39, 0.29) is 42.0 Å². The molecule has 0 bridgehead atoms. The lowest BCUT2D eigenvalue weighted by molar-refractivity contribution is -0.143. The second-order valence-electron chi connectivity index (χ2n) is 7.68. The number of rotatable bonds is 8. The number of amides is 2. The van der Waals surface area contributed by atoms with E-state index in [1.54, 1.807) is 24.0 Å². The molecule has 32 heavy (non-hydrogen) atoms. The van der Waals surface area contributed by atoms with E-state index in [4.69, 9.17) is 32.7 Å². The maximum atomic E-state index is 13.8. The minimum absolute atomic E-state index is 0.0384. The van der Waals surface area contributed by atoms with Gasteiger partial charge in [0.05, 0.1) is 35.9 Å². The highest BCUT2D eigenvalue weighted by atomic mass is 35.5. The molecule has 2 aromatic carbocycles. The van der Waals surface area contributed by atoms with E-state index in [0.717, 1.165) is 0 Å². The summed E-state index contributed by atoms with van der Waals surface area (Å²) in [5.41, 5.74) is 0.139. The van der Waals surface area contributed by atoms with Crippen molar-refractivity contribution in [2.75, 3.05) is 24.7 Å². The third-order valence-corrected chi connectivity index (χ3v) is 6.31. The number of nitrogens with zero attached hydrogens (tertiary/aromatic N) is 1. The molecule has 2 aromatic rings. The molecule has 0 aromatic heterocycles. The van der Waals surface area contributed by atoms with E-state index in [1.807, 2.05) is 12.1 Å². The van der Waals surface area contributed by atoms with Gasteiger partial charge in [-0.25, -0.2) is 0 Å². The topological polar surface area (TPSA) is 88.2 Å². The summed E-state index contributed by atoms with van der Waals surface area (Å²) >= 11 is 12.1. The Bertz CT molecular complexity index is 1070. The number of esters is 1. The zero-order chi connectivity index (χ0) is 22.9. The molecule has 4 rings (SSSR count). The summed E-state index contributed by atoms with van der Waals surface area (Å²) in [6.07, 6.45) is -0.0289. The quantitative estimate of drug-likeness (QED) is 0.463. The molecule has 2 aliphatic heterocycles. The largest absolute Gasteiger partial charge is 0.466 e. The van der Waals surface area contributed by atoms with Gasteiger partial charge in [-0.15, -0.1) is 0 Å². The molecule has 2 atom stereocenters. The third-order valence-electron chi connectivity index (χ3n) is 5.57. The van der Waals surface area contributed by atoms with E-state index >= 15 is 0 Å². The van der Waals surface area contributed by atoms with Crippen LogP contribution in [0.4, 0.5) is 5.69 Å². The normalized spacial score (nSPS) is 21.3. The van der Waals surface area contributed by atoms with Crippen LogP contribution in [0.1, 0.15) is 35.7 Å². The van der Waals surface area contributed by atoms with Crippen molar-refractivity contribution >= 4 is 46.7 Å². The number of hydrogen-bond donors (Lipinski definition) is 1. The summed E-state index contributed by atoms with van der Waals surface area (Å²) in [6.45, 7) is 2.90. The standard InChI is InChI=1S/C23H22Cl2N2O5/c1-2-31-20(28)9-10-23(26-21(29)14-7-8-17(24)18(25)11-14)16-5-3-4-6-19(16)27(22(23)30)12-15-13-32-15/h3-8,11,15H,2,9-10,12-13H2,1H3,(H,26,29). The van der Waals surface area contributed by atoms with Gasteiger partial charge in [-0.05, 0) is 37.6 Å². The monoisotopic (exact) mass is 476 g/mol. The summed E-state index contributed by atoms with van der Waals surface area (Å²) in [5.74, 6) is -1.25. The Kier molecular flexibility index (Phi) is 6.42. The van der Waals surface area contributed by atoms with Crippen molar-refractivity contribution in [1.29, 1.82) is 0 Å². The van der Waals surface area contributed by atoms with Crippen LogP contribution in [0.5, 0.6) is 0 Å². The first-order valence-electron chi connectivity index (χ1n) is 10.3. The van der Waals surface area contributed by atoms with Gasteiger partial charge in [0.15, 0.2) is 0 Å². The molecule has 0 saturated carbocycles. The lowest BCUT2D eigenvalue weighted by Gasteiger charge is -2.30. The zero-order valence-electron chi connectivity index (χ0n) is 17.4. The van der Waals surface area contributed by atoms with E-state index in [9.17, 15) is 14.4 Å². The van der Waals surface area contributed by atoms with E-state index in [2.05, 4.69) is 5.32 Å². The molecule has 1 N–H and O–H groups in total. The molecular formula is C23H22Cl2N2O5. The molecule has 2 amide bonds. The predicted molar refractivity (Wildman–Crippen MR) is 120 cm³/mol. The van der Waals surface area contributed by atoms with Crippen LogP contribution in [-0.4, -0.2) is 43.6 Å². The second kappa shape index (κ2) is 9.10. The fraction of sp³-hybridized carbons (Fsp3) is 0.348. The SMILES string of the molecule is CCOC(=O)CCC1(NC(=O)c2ccc(Cl)c(Cl)c2)C(=O)N(CC2CO2)c2ccccc21. The first-order chi connectivity index (χ1) is 15.4. The molecule has 2 heterocycles. The molecule has 168 valence electrons. The summed E-state index contributed by atoms with van der Waals surface area (Å²) in [7, 11) is 0. The maximum absolute atomic E-state index is 13.8. The number of nitrogens with one attached hydrogen (secondary N) is 1. The van der Waals surface area contributed by atoms with Crippen molar-refractivity contribution in [3.63, 3.8) is 0 Å². The van der Waals surface area contributed by atoms with Crippen LogP contribution < -0.4 is 10.2 Å². The molecule has 1 saturated heterocycles. The first-order valence-corrected chi connectivity index (χ1v) is 11.1. The van der Waals surface area contributed by atoms with Crippen molar-refractivity contribution < 1.29 is 23.9 Å². The lowest BCUT2D eigenvalue weighted by atomic mass is 9.86. The van der Waals surface area contributed by atoms with Crippen molar-refractivity contribution in [3.8, 4) is 0 Å². The third kappa shape index (κ3) is 4.33. The Morgan fingerprint density at radius 3 is 2.66 bits per heavy atom. The minimum atomic E-state index is -1.43. The Hall–Kier alpha value is -2.61. The van der Waals surface area contributed by atoms with Crippen molar-refractivity contribution in [3.05, 3.63) is 63.6 Å². The Morgan fingerprint density at radius 2 is 1.97 bits per heavy atom. The number of anilines is 1. The van der Waals surface area contributed by atoms with Crippen LogP contribution in [-0.2, 0) is 24.6 Å². The summed E-state index contributed by atoms with van der Waals surface area (Å²) in [4.78, 5) is 40.7. The molecule has 1 fully saturated rings. The van der Waals surface area contributed by atoms with Crippen molar-refractivity contribution in [2.24, 2.45) is 0 Å². The molecular weight excluding hydrogens is 455 g/mol. The highest BCUT2D eigenvalue weighted by Crippen LogP contribution is 2.44. The van der Waals surface area contributed by atoms with Gasteiger partial charge in [0.25, 0.3) is 11.8 Å². The van der Waals surface area contributed by atoms with Crippen LogP contribution in [0.2, 0.25) is 10.0 Å². The molecule has 0 radical (unpaired) electrons. The summed E-state index contributed by atoms with van der Waals surface area (Å²) in [6, 6.07) is 11.7. The van der Waals surface area contributed by atoms with Gasteiger partial charge in [0, 0.05) is 23.2 Å². The average molecular weight is 477 g/mol. The van der Waals surface area contributed by atoms with Gasteiger partial charge in [0.2, 0.25) is 0 Å². The smallest absolute Gasteiger partial charge is 0.305 e. The molecule has 0 spiro atoms. The van der Waals surface area contributed by atoms with Crippen LogP contribution >= 0.6 is 23.2 Å². The number of halogens is 2. The Morgan fingerprint density at radius 1 is 1.22 bits per heavy atom. The minimum Gasteiger partial charge on any atom is -0.466 e. The summed E-state index contributed by atoms with van der Waals surface area (Å²) in [5, 5.41) is 3.45. The van der Waals surface area contributed by atoms with Crippen molar-refractivity contribution in [2.45, 2.75) is 31.4 Å². The van der Waals surface area contributed by atoms with Crippen LogP contribution in [0.25, 0.3) is 0 Å². The number of carbonyl (C=O) groups excluding carboxylic acids is 3. The number of carbonyl (C=O) groups is 3. The summed E-state index contributed by atoms with van der Waals surface area (Å²) < 4.78 is 10.4. The number of para-hydroxylation sites is 1. The van der Waals surface area contributed by atoms with Crippen LogP contribution in [0, 0.1) is 0 Å². The van der Waals surface area contributed by atoms with Gasteiger partial charge in [-0.3, -0.25) is 14.4 Å². The van der Waals surface area contributed by atoms with Crippen LogP contribution in [0.3, 0.4) is 0 Å². The highest BCUT2D eigenvalue weighted by molar-refractivity contribution is 6.42. The number of benzene rings is 2. The predicted octanol–water partition coefficient (Wildman–Crippen LogP) is 3.71. The number of hydrogen-bond acceptors (Lipinski definition) is 5. The molecule has 0 aliphatic carbocycles. The van der Waals surface area contributed by atoms with E-state index in [1.165, 1.54) is 18.2 Å². The van der Waals surface area contributed by atoms with Crippen molar-refractivity contribution in [1.82, 2.24) is 5.32 Å². The Labute approximate surface area is 195 Å². The number of ether oxygens (including phenoxy) is 2.